The normalized spacial score (nSPS) is 49.2. The average Bonchev–Trinajstić information content (AvgIpc) is 2.02. The summed E-state index contributed by atoms with van der Waals surface area (Å²) in [5.41, 5.74) is 0. The van der Waals surface area contributed by atoms with Crippen LogP contribution in [0, 0.1) is 0 Å². The minimum Gasteiger partial charge on any atom is -0.388 e. The Labute approximate surface area is 85.0 Å². The molecule has 4 nitrogen and oxygen atoms in total. The van der Waals surface area contributed by atoms with E-state index in [2.05, 4.69) is 0 Å². The number of aliphatic hydroxyl groups excluding tert-OH is 2. The van der Waals surface area contributed by atoms with Crippen molar-refractivity contribution in [3.05, 3.63) is 0 Å². The number of methoxy groups -OCH3 is 1. The smallest absolute Gasteiger partial charge is 0.169 e. The molecule has 0 aromatic rings. The SMILES string of the molecule is CO[C@@H]1[C@@H](O)[C@H](C)O[C@@H](O)[C@@H]1I. The Balaban J connectivity index is 2.67. The summed E-state index contributed by atoms with van der Waals surface area (Å²) in [7, 11) is 1.52. The maximum absolute atomic E-state index is 9.56. The third-order valence-electron chi connectivity index (χ3n) is 2.03. The zero-order valence-corrected chi connectivity index (χ0v) is 9.13. The summed E-state index contributed by atoms with van der Waals surface area (Å²) >= 11 is 2.01. The molecule has 0 saturated carbocycles. The highest BCUT2D eigenvalue weighted by atomic mass is 127. The Morgan fingerprint density at radius 2 is 2.00 bits per heavy atom. The van der Waals surface area contributed by atoms with Gasteiger partial charge in [-0.1, -0.05) is 22.6 Å². The Morgan fingerprint density at radius 1 is 1.42 bits per heavy atom. The van der Waals surface area contributed by atoms with Crippen LogP contribution >= 0.6 is 22.6 Å². The van der Waals surface area contributed by atoms with Crippen LogP contribution in [0.25, 0.3) is 0 Å². The minimum atomic E-state index is -0.853. The van der Waals surface area contributed by atoms with Gasteiger partial charge in [0.1, 0.15) is 12.2 Å². The van der Waals surface area contributed by atoms with Gasteiger partial charge >= 0.3 is 0 Å². The highest BCUT2D eigenvalue weighted by molar-refractivity contribution is 14.1. The number of halogens is 1. The molecule has 0 unspecified atom stereocenters. The van der Waals surface area contributed by atoms with Crippen molar-refractivity contribution in [1.29, 1.82) is 0 Å². The topological polar surface area (TPSA) is 58.9 Å². The largest absolute Gasteiger partial charge is 0.388 e. The fourth-order valence-electron chi connectivity index (χ4n) is 1.26. The molecule has 2 N–H and O–H groups in total. The molecule has 1 aliphatic rings. The number of alkyl halides is 1. The van der Waals surface area contributed by atoms with Gasteiger partial charge in [-0.25, -0.2) is 0 Å². The highest BCUT2D eigenvalue weighted by Gasteiger charge is 2.41. The van der Waals surface area contributed by atoms with E-state index in [1.807, 2.05) is 22.6 Å². The van der Waals surface area contributed by atoms with Gasteiger partial charge in [-0.15, -0.1) is 0 Å². The van der Waals surface area contributed by atoms with Crippen molar-refractivity contribution in [2.24, 2.45) is 0 Å². The molecule has 0 aliphatic carbocycles. The summed E-state index contributed by atoms with van der Waals surface area (Å²) < 4.78 is 9.90. The van der Waals surface area contributed by atoms with Gasteiger partial charge < -0.3 is 19.7 Å². The van der Waals surface area contributed by atoms with Crippen LogP contribution in [0.1, 0.15) is 6.92 Å². The molecule has 72 valence electrons. The van der Waals surface area contributed by atoms with Gasteiger partial charge in [0.25, 0.3) is 0 Å². The molecule has 0 spiro atoms. The summed E-state index contributed by atoms with van der Waals surface area (Å²) in [4.78, 5) is 0. The van der Waals surface area contributed by atoms with Gasteiger partial charge in [-0.2, -0.15) is 0 Å². The zero-order chi connectivity index (χ0) is 9.30. The second-order valence-electron chi connectivity index (χ2n) is 2.87. The fraction of sp³-hybridized carbons (Fsp3) is 1.00. The number of hydrogen-bond donors (Lipinski definition) is 2. The quantitative estimate of drug-likeness (QED) is 0.523. The van der Waals surface area contributed by atoms with Crippen molar-refractivity contribution < 1.29 is 19.7 Å². The van der Waals surface area contributed by atoms with Crippen molar-refractivity contribution in [3.8, 4) is 0 Å². The molecule has 1 fully saturated rings. The van der Waals surface area contributed by atoms with Gasteiger partial charge in [0.2, 0.25) is 0 Å². The lowest BCUT2D eigenvalue weighted by molar-refractivity contribution is -0.223. The molecule has 5 atom stereocenters. The van der Waals surface area contributed by atoms with Crippen LogP contribution in [0.2, 0.25) is 0 Å². The van der Waals surface area contributed by atoms with Crippen molar-refractivity contribution in [2.75, 3.05) is 7.11 Å². The first kappa shape index (κ1) is 10.6. The summed E-state index contributed by atoms with van der Waals surface area (Å²) in [6, 6.07) is 0. The summed E-state index contributed by atoms with van der Waals surface area (Å²) in [6.07, 6.45) is -2.26. The van der Waals surface area contributed by atoms with Crippen LogP contribution in [0.5, 0.6) is 0 Å². The lowest BCUT2D eigenvalue weighted by atomic mass is 10.0. The van der Waals surface area contributed by atoms with Gasteiger partial charge in [0, 0.05) is 7.11 Å². The van der Waals surface area contributed by atoms with Gasteiger partial charge in [0.15, 0.2) is 6.29 Å². The molecule has 0 bridgehead atoms. The van der Waals surface area contributed by atoms with E-state index in [9.17, 15) is 10.2 Å². The Morgan fingerprint density at radius 3 is 2.50 bits per heavy atom. The summed E-state index contributed by atoms with van der Waals surface area (Å²) in [5.74, 6) is 0. The molecule has 1 aliphatic heterocycles. The van der Waals surface area contributed by atoms with E-state index in [1.54, 1.807) is 6.92 Å². The van der Waals surface area contributed by atoms with Crippen molar-refractivity contribution in [3.63, 3.8) is 0 Å². The van der Waals surface area contributed by atoms with Gasteiger partial charge in [-0.3, -0.25) is 0 Å². The van der Waals surface area contributed by atoms with E-state index in [1.165, 1.54) is 7.11 Å². The van der Waals surface area contributed by atoms with E-state index in [0.717, 1.165) is 0 Å². The van der Waals surface area contributed by atoms with E-state index < -0.39 is 12.4 Å². The molecule has 5 heteroatoms. The summed E-state index contributed by atoms with van der Waals surface area (Å²) in [5, 5.41) is 18.9. The van der Waals surface area contributed by atoms with Crippen LogP contribution in [0.3, 0.4) is 0 Å². The monoisotopic (exact) mass is 288 g/mol. The zero-order valence-electron chi connectivity index (χ0n) is 6.98. The van der Waals surface area contributed by atoms with E-state index in [0.29, 0.717) is 0 Å². The molecule has 12 heavy (non-hydrogen) atoms. The van der Waals surface area contributed by atoms with Gasteiger partial charge in [-0.05, 0) is 6.92 Å². The number of ether oxygens (including phenoxy) is 2. The Hall–Kier alpha value is 0.570. The van der Waals surface area contributed by atoms with Crippen LogP contribution < -0.4 is 0 Å². The molecular weight excluding hydrogens is 275 g/mol. The number of aliphatic hydroxyl groups is 2. The lowest BCUT2D eigenvalue weighted by Crippen LogP contribution is -2.54. The molecule has 0 radical (unpaired) electrons. The first-order valence-corrected chi connectivity index (χ1v) is 5.01. The Bertz CT molecular complexity index is 140. The molecule has 1 saturated heterocycles. The van der Waals surface area contributed by atoms with Crippen molar-refractivity contribution in [2.45, 2.75) is 35.5 Å². The third-order valence-corrected chi connectivity index (χ3v) is 3.35. The summed E-state index contributed by atoms with van der Waals surface area (Å²) in [6.45, 7) is 1.71. The second kappa shape index (κ2) is 4.19. The third kappa shape index (κ3) is 1.90. The molecule has 1 rings (SSSR count). The van der Waals surface area contributed by atoms with Crippen LogP contribution in [-0.2, 0) is 9.47 Å². The predicted octanol–water partition coefficient (Wildman–Crippen LogP) is -0.0970. The van der Waals surface area contributed by atoms with E-state index in [4.69, 9.17) is 9.47 Å². The molecule has 1 heterocycles. The maximum Gasteiger partial charge on any atom is 0.169 e. The van der Waals surface area contributed by atoms with E-state index >= 15 is 0 Å². The minimum absolute atomic E-state index is 0.223. The lowest BCUT2D eigenvalue weighted by Gasteiger charge is -2.38. The number of rotatable bonds is 1. The number of hydrogen-bond acceptors (Lipinski definition) is 4. The van der Waals surface area contributed by atoms with Crippen molar-refractivity contribution >= 4 is 22.6 Å². The molecule has 0 aromatic carbocycles. The van der Waals surface area contributed by atoms with Gasteiger partial charge in [0.05, 0.1) is 10.0 Å². The van der Waals surface area contributed by atoms with Crippen molar-refractivity contribution in [1.82, 2.24) is 0 Å². The Kier molecular flexibility index (Phi) is 3.72. The standard InChI is InChI=1S/C7H13IO4/c1-3-5(9)6(11-2)4(8)7(10)12-3/h3-7,9-10H,1-2H3/t3-,4+,5-,6-,7+/m0/s1. The van der Waals surface area contributed by atoms with Crippen LogP contribution in [0.4, 0.5) is 0 Å². The van der Waals surface area contributed by atoms with Crippen LogP contribution in [0.15, 0.2) is 0 Å². The van der Waals surface area contributed by atoms with E-state index in [-0.39, 0.29) is 16.1 Å². The highest BCUT2D eigenvalue weighted by Crippen LogP contribution is 2.26. The average molecular weight is 288 g/mol. The second-order valence-corrected chi connectivity index (χ2v) is 4.31. The first-order valence-electron chi connectivity index (χ1n) is 3.76. The molecule has 0 amide bonds. The van der Waals surface area contributed by atoms with Crippen LogP contribution in [-0.4, -0.2) is 45.8 Å². The fourth-order valence-corrected chi connectivity index (χ4v) is 2.15. The maximum atomic E-state index is 9.56. The molecular formula is C7H13IO4. The predicted molar refractivity (Wildman–Crippen MR) is 51.2 cm³/mol. The first-order chi connectivity index (χ1) is 5.57. The molecule has 0 aromatic heterocycles.